The lowest BCUT2D eigenvalue weighted by atomic mass is 9.96. The largest absolute Gasteiger partial charge is 0.457 e. The van der Waals surface area contributed by atoms with E-state index in [1.54, 1.807) is 0 Å². The molecular formula is C40H38N4O. The van der Waals surface area contributed by atoms with E-state index in [-0.39, 0.29) is 0 Å². The minimum Gasteiger partial charge on any atom is -0.457 e. The Morgan fingerprint density at radius 1 is 0.733 bits per heavy atom. The molecule has 45 heavy (non-hydrogen) atoms. The van der Waals surface area contributed by atoms with Gasteiger partial charge in [0, 0.05) is 40.9 Å². The number of fused-ring (bicyclic) bond motifs is 3. The molecule has 0 radical (unpaired) electrons. The summed E-state index contributed by atoms with van der Waals surface area (Å²) >= 11 is 0. The van der Waals surface area contributed by atoms with Crippen molar-refractivity contribution in [3.63, 3.8) is 0 Å². The van der Waals surface area contributed by atoms with Crippen molar-refractivity contribution < 1.29 is 4.74 Å². The summed E-state index contributed by atoms with van der Waals surface area (Å²) < 4.78 is 10.7. The summed E-state index contributed by atoms with van der Waals surface area (Å²) in [5.41, 5.74) is 11.7. The van der Waals surface area contributed by atoms with Crippen molar-refractivity contribution in [2.75, 3.05) is 0 Å². The van der Waals surface area contributed by atoms with Gasteiger partial charge in [0.05, 0.1) is 22.9 Å². The van der Waals surface area contributed by atoms with Crippen molar-refractivity contribution >= 4 is 21.8 Å². The maximum absolute atomic E-state index is 6.56. The number of pyridine rings is 1. The van der Waals surface area contributed by atoms with Crippen LogP contribution >= 0.6 is 0 Å². The molecule has 0 spiro atoms. The molecule has 3 aromatic heterocycles. The molecule has 0 unspecified atom stereocenters. The molecule has 0 fully saturated rings. The summed E-state index contributed by atoms with van der Waals surface area (Å²) in [7, 11) is 0. The highest BCUT2D eigenvalue weighted by Gasteiger charge is 2.16. The van der Waals surface area contributed by atoms with Gasteiger partial charge in [-0.2, -0.15) is 5.10 Å². The number of ether oxygens (including phenoxy) is 1. The van der Waals surface area contributed by atoms with E-state index < -0.39 is 0 Å². The first-order valence-corrected chi connectivity index (χ1v) is 15.6. The maximum atomic E-state index is 6.56. The second-order valence-corrected chi connectivity index (χ2v) is 12.7. The average molecular weight is 591 g/mol. The van der Waals surface area contributed by atoms with E-state index in [0.29, 0.717) is 5.92 Å². The number of para-hydroxylation sites is 1. The third kappa shape index (κ3) is 5.51. The van der Waals surface area contributed by atoms with Crippen LogP contribution in [0.3, 0.4) is 0 Å². The molecule has 3 heterocycles. The zero-order valence-electron chi connectivity index (χ0n) is 26.8. The normalized spacial score (nSPS) is 11.6. The van der Waals surface area contributed by atoms with Gasteiger partial charge in [0.15, 0.2) is 0 Å². The Morgan fingerprint density at radius 3 is 2.29 bits per heavy atom. The summed E-state index contributed by atoms with van der Waals surface area (Å²) in [5.74, 6) is 3.03. The SMILES string of the molecule is Cc1cc(Oc2ccc3c4ccccc4n(-c4cc(CC(C)C)ccn4)c3c2)cc(-n2cc(-c3c(C)cc(C)cc3C)cn2)c1. The third-order valence-corrected chi connectivity index (χ3v) is 8.41. The van der Waals surface area contributed by atoms with Crippen LogP contribution in [0.1, 0.15) is 41.7 Å². The van der Waals surface area contributed by atoms with Crippen LogP contribution in [0.15, 0.2) is 104 Å². The molecule has 7 aromatic rings. The summed E-state index contributed by atoms with van der Waals surface area (Å²) in [6.07, 6.45) is 6.99. The Hall–Kier alpha value is -5.16. The quantitative estimate of drug-likeness (QED) is 0.186. The van der Waals surface area contributed by atoms with Crippen molar-refractivity contribution in [3.8, 4) is 34.1 Å². The molecule has 7 rings (SSSR count). The van der Waals surface area contributed by atoms with Crippen molar-refractivity contribution in [3.05, 3.63) is 131 Å². The monoisotopic (exact) mass is 590 g/mol. The molecule has 4 aromatic carbocycles. The first-order chi connectivity index (χ1) is 21.7. The van der Waals surface area contributed by atoms with Crippen LogP contribution in [0.5, 0.6) is 11.5 Å². The van der Waals surface area contributed by atoms with E-state index in [0.717, 1.165) is 51.6 Å². The highest BCUT2D eigenvalue weighted by Crippen LogP contribution is 2.36. The summed E-state index contributed by atoms with van der Waals surface area (Å²) in [6.45, 7) is 13.1. The van der Waals surface area contributed by atoms with Crippen LogP contribution in [-0.2, 0) is 6.42 Å². The number of aromatic nitrogens is 4. The van der Waals surface area contributed by atoms with Gasteiger partial charge < -0.3 is 4.74 Å². The number of hydrogen-bond acceptors (Lipinski definition) is 3. The molecule has 0 aliphatic rings. The van der Waals surface area contributed by atoms with Crippen molar-refractivity contribution in [2.24, 2.45) is 5.92 Å². The van der Waals surface area contributed by atoms with Crippen LogP contribution < -0.4 is 4.74 Å². The number of benzene rings is 4. The van der Waals surface area contributed by atoms with Gasteiger partial charge in [0.25, 0.3) is 0 Å². The molecule has 0 bridgehead atoms. The van der Waals surface area contributed by atoms with Gasteiger partial charge >= 0.3 is 0 Å². The fourth-order valence-electron chi connectivity index (χ4n) is 6.73. The van der Waals surface area contributed by atoms with Gasteiger partial charge in [-0.05, 0) is 110 Å². The summed E-state index contributed by atoms with van der Waals surface area (Å²) in [6, 6.07) is 29.9. The van der Waals surface area contributed by atoms with Crippen LogP contribution in [0, 0.1) is 33.6 Å². The lowest BCUT2D eigenvalue weighted by Gasteiger charge is -2.12. The van der Waals surface area contributed by atoms with Crippen molar-refractivity contribution in [1.82, 2.24) is 19.3 Å². The average Bonchev–Trinajstić information content (AvgIpc) is 3.59. The second kappa shape index (κ2) is 11.4. The lowest BCUT2D eigenvalue weighted by molar-refractivity contribution is 0.482. The van der Waals surface area contributed by atoms with Crippen molar-refractivity contribution in [1.29, 1.82) is 0 Å². The van der Waals surface area contributed by atoms with E-state index in [9.17, 15) is 0 Å². The topological polar surface area (TPSA) is 44.9 Å². The predicted molar refractivity (Wildman–Crippen MR) is 185 cm³/mol. The minimum absolute atomic E-state index is 0.571. The Balaban J connectivity index is 1.26. The van der Waals surface area contributed by atoms with Gasteiger partial charge in [-0.1, -0.05) is 49.7 Å². The third-order valence-electron chi connectivity index (χ3n) is 8.41. The molecule has 0 saturated heterocycles. The van der Waals surface area contributed by atoms with Crippen LogP contribution in [0.25, 0.3) is 44.4 Å². The van der Waals surface area contributed by atoms with Crippen LogP contribution in [0.4, 0.5) is 0 Å². The van der Waals surface area contributed by atoms with E-state index >= 15 is 0 Å². The molecule has 5 heteroatoms. The zero-order chi connectivity index (χ0) is 31.2. The highest BCUT2D eigenvalue weighted by molar-refractivity contribution is 6.09. The number of aryl methyl sites for hydroxylation is 4. The van der Waals surface area contributed by atoms with E-state index in [2.05, 4.69) is 137 Å². The first-order valence-electron chi connectivity index (χ1n) is 15.6. The molecule has 0 aliphatic heterocycles. The Morgan fingerprint density at radius 2 is 1.49 bits per heavy atom. The molecule has 0 atom stereocenters. The molecule has 0 amide bonds. The maximum Gasteiger partial charge on any atom is 0.137 e. The molecule has 0 saturated carbocycles. The van der Waals surface area contributed by atoms with E-state index in [1.807, 2.05) is 17.1 Å². The zero-order valence-corrected chi connectivity index (χ0v) is 26.8. The van der Waals surface area contributed by atoms with Crippen LogP contribution in [0.2, 0.25) is 0 Å². The van der Waals surface area contributed by atoms with Gasteiger partial charge in [-0.3, -0.25) is 4.57 Å². The first kappa shape index (κ1) is 28.6. The minimum atomic E-state index is 0.571. The molecule has 0 aliphatic carbocycles. The summed E-state index contributed by atoms with van der Waals surface area (Å²) in [4.78, 5) is 4.81. The van der Waals surface area contributed by atoms with Gasteiger partial charge in [0.2, 0.25) is 0 Å². The van der Waals surface area contributed by atoms with Gasteiger partial charge in [0.1, 0.15) is 17.3 Å². The molecular weight excluding hydrogens is 552 g/mol. The summed E-state index contributed by atoms with van der Waals surface area (Å²) in [5, 5.41) is 7.11. The molecule has 224 valence electrons. The molecule has 0 N–H and O–H groups in total. The van der Waals surface area contributed by atoms with E-state index in [1.165, 1.54) is 38.6 Å². The Labute approximate surface area is 264 Å². The molecule has 5 nitrogen and oxygen atoms in total. The second-order valence-electron chi connectivity index (χ2n) is 12.7. The smallest absolute Gasteiger partial charge is 0.137 e. The number of hydrogen-bond donors (Lipinski definition) is 0. The predicted octanol–water partition coefficient (Wildman–Crippen LogP) is 10.3. The van der Waals surface area contributed by atoms with Gasteiger partial charge in [-0.15, -0.1) is 0 Å². The van der Waals surface area contributed by atoms with Crippen LogP contribution in [-0.4, -0.2) is 19.3 Å². The van der Waals surface area contributed by atoms with Crippen molar-refractivity contribution in [2.45, 2.75) is 48.0 Å². The van der Waals surface area contributed by atoms with E-state index in [4.69, 9.17) is 14.8 Å². The lowest BCUT2D eigenvalue weighted by Crippen LogP contribution is -2.01. The Kier molecular flexibility index (Phi) is 7.25. The highest BCUT2D eigenvalue weighted by atomic mass is 16.5. The number of nitrogens with zero attached hydrogens (tertiary/aromatic N) is 4. The fraction of sp³-hybridized carbons (Fsp3) is 0.200. The number of rotatable bonds is 7. The Bertz CT molecular complexity index is 2180. The van der Waals surface area contributed by atoms with Gasteiger partial charge in [-0.25, -0.2) is 9.67 Å². The standard InChI is InChI=1S/C40H38N4O/c1-25(2)15-30-13-14-41-39(20-30)44-37-10-8-7-9-35(37)36-12-11-33(22-38(36)44)45-34-19-27(4)18-32(21-34)43-24-31(23-42-43)40-28(5)16-26(3)17-29(40)6/h7-14,16-25H,15H2,1-6H3. The fourth-order valence-corrected chi connectivity index (χ4v) is 6.73.